The second-order valence-electron chi connectivity index (χ2n) is 2.84. The molecule has 1 aromatic carbocycles. The van der Waals surface area contributed by atoms with E-state index in [1.54, 1.807) is 4.90 Å². The lowest BCUT2D eigenvalue weighted by molar-refractivity contribution is -0.117. The fourth-order valence-corrected chi connectivity index (χ4v) is 1.86. The van der Waals surface area contributed by atoms with Crippen LogP contribution in [0.1, 0.15) is 6.92 Å². The highest BCUT2D eigenvalue weighted by atomic mass is 79.9. The molecule has 0 saturated carbocycles. The highest BCUT2D eigenvalue weighted by Gasteiger charge is 2.18. The zero-order valence-corrected chi connectivity index (χ0v) is 11.0. The van der Waals surface area contributed by atoms with Crippen LogP contribution < -0.4 is 4.90 Å². The van der Waals surface area contributed by atoms with E-state index in [2.05, 4.69) is 31.9 Å². The number of carbonyl (C=O) groups excluding carboxylic acids is 1. The number of benzene rings is 1. The first-order valence-corrected chi connectivity index (χ1v) is 6.27. The summed E-state index contributed by atoms with van der Waals surface area (Å²) in [4.78, 5) is 13.2. The average molecular weight is 321 g/mol. The number of anilines is 1. The molecule has 0 N–H and O–H groups in total. The molecule has 0 spiro atoms. The molecule has 0 aromatic heterocycles. The van der Waals surface area contributed by atoms with Gasteiger partial charge in [-0.25, -0.2) is 0 Å². The first kappa shape index (κ1) is 11.7. The van der Waals surface area contributed by atoms with Crippen molar-refractivity contribution in [3.63, 3.8) is 0 Å². The van der Waals surface area contributed by atoms with Gasteiger partial charge in [0.25, 0.3) is 0 Å². The van der Waals surface area contributed by atoms with Crippen molar-refractivity contribution in [2.45, 2.75) is 11.8 Å². The Kier molecular flexibility index (Phi) is 4.62. The minimum absolute atomic E-state index is 0.0491. The molecule has 76 valence electrons. The first-order valence-electron chi connectivity index (χ1n) is 4.23. The van der Waals surface area contributed by atoms with Crippen LogP contribution in [0.4, 0.5) is 5.69 Å². The summed E-state index contributed by atoms with van der Waals surface area (Å²) in [5, 5.41) is 0. The molecule has 0 heterocycles. The SMILES string of the molecule is CC(Br)C(=O)N(CBr)c1ccccc1. The number of amides is 1. The van der Waals surface area contributed by atoms with Crippen LogP contribution in [0, 0.1) is 0 Å². The lowest BCUT2D eigenvalue weighted by Gasteiger charge is -2.21. The van der Waals surface area contributed by atoms with E-state index in [-0.39, 0.29) is 10.7 Å². The standard InChI is InChI=1S/C10H11Br2NO/c1-8(12)10(14)13(7-11)9-5-3-2-4-6-9/h2-6,8H,7H2,1H3. The van der Waals surface area contributed by atoms with Crippen LogP contribution in [-0.4, -0.2) is 16.2 Å². The Bertz CT molecular complexity index is 300. The Hall–Kier alpha value is -0.350. The van der Waals surface area contributed by atoms with E-state index in [0.29, 0.717) is 5.45 Å². The summed E-state index contributed by atoms with van der Waals surface area (Å²) in [6.45, 7) is 1.82. The Labute approximate surface area is 101 Å². The number of hydrogen-bond donors (Lipinski definition) is 0. The number of carbonyl (C=O) groups is 1. The molecule has 0 aliphatic rings. The van der Waals surface area contributed by atoms with Crippen LogP contribution in [0.15, 0.2) is 30.3 Å². The maximum atomic E-state index is 11.7. The smallest absolute Gasteiger partial charge is 0.241 e. The topological polar surface area (TPSA) is 20.3 Å². The van der Waals surface area contributed by atoms with E-state index < -0.39 is 0 Å². The van der Waals surface area contributed by atoms with Crippen LogP contribution in [0.2, 0.25) is 0 Å². The second-order valence-corrected chi connectivity index (χ2v) is 4.71. The van der Waals surface area contributed by atoms with E-state index in [4.69, 9.17) is 0 Å². The van der Waals surface area contributed by atoms with Gasteiger partial charge < -0.3 is 4.90 Å². The van der Waals surface area contributed by atoms with Crippen molar-refractivity contribution in [1.82, 2.24) is 0 Å². The molecular weight excluding hydrogens is 310 g/mol. The van der Waals surface area contributed by atoms with Crippen LogP contribution in [0.3, 0.4) is 0 Å². The van der Waals surface area contributed by atoms with Gasteiger partial charge in [-0.15, -0.1) is 0 Å². The Balaban J connectivity index is 2.88. The largest absolute Gasteiger partial charge is 0.301 e. The van der Waals surface area contributed by atoms with Crippen molar-refractivity contribution in [2.75, 3.05) is 10.4 Å². The van der Waals surface area contributed by atoms with E-state index >= 15 is 0 Å². The lowest BCUT2D eigenvalue weighted by atomic mass is 10.3. The number of rotatable bonds is 3. The van der Waals surface area contributed by atoms with Gasteiger partial charge in [0, 0.05) is 5.69 Å². The molecule has 4 heteroatoms. The molecule has 1 atom stereocenters. The maximum absolute atomic E-state index is 11.7. The van der Waals surface area contributed by atoms with Gasteiger partial charge in [0.2, 0.25) is 5.91 Å². The number of nitrogens with zero attached hydrogens (tertiary/aromatic N) is 1. The number of halogens is 2. The highest BCUT2D eigenvalue weighted by molar-refractivity contribution is 9.10. The average Bonchev–Trinajstić information content (AvgIpc) is 2.20. The van der Waals surface area contributed by atoms with Gasteiger partial charge in [-0.05, 0) is 19.1 Å². The second kappa shape index (κ2) is 5.51. The van der Waals surface area contributed by atoms with E-state index in [1.165, 1.54) is 0 Å². The van der Waals surface area contributed by atoms with Crippen molar-refractivity contribution in [2.24, 2.45) is 0 Å². The molecule has 0 radical (unpaired) electrons. The molecule has 0 bridgehead atoms. The van der Waals surface area contributed by atoms with Crippen LogP contribution in [0.25, 0.3) is 0 Å². The summed E-state index contributed by atoms with van der Waals surface area (Å²) in [7, 11) is 0. The Morgan fingerprint density at radius 2 is 2.00 bits per heavy atom. The number of para-hydroxylation sites is 1. The Morgan fingerprint density at radius 3 is 2.43 bits per heavy atom. The number of alkyl halides is 2. The van der Waals surface area contributed by atoms with Crippen molar-refractivity contribution < 1.29 is 4.79 Å². The van der Waals surface area contributed by atoms with Gasteiger partial charge in [0.15, 0.2) is 0 Å². The monoisotopic (exact) mass is 319 g/mol. The first-order chi connectivity index (χ1) is 6.66. The summed E-state index contributed by atoms with van der Waals surface area (Å²) in [5.41, 5.74) is 1.41. The van der Waals surface area contributed by atoms with Gasteiger partial charge in [-0.3, -0.25) is 4.79 Å². The molecule has 0 aliphatic heterocycles. The number of hydrogen-bond acceptors (Lipinski definition) is 1. The Morgan fingerprint density at radius 1 is 1.43 bits per heavy atom. The molecule has 2 nitrogen and oxygen atoms in total. The van der Waals surface area contributed by atoms with E-state index in [1.807, 2.05) is 37.3 Å². The summed E-state index contributed by atoms with van der Waals surface area (Å²) in [5.74, 6) is 0.0491. The van der Waals surface area contributed by atoms with Crippen LogP contribution in [0.5, 0.6) is 0 Å². The predicted molar refractivity (Wildman–Crippen MR) is 66.1 cm³/mol. The molecular formula is C10H11Br2NO. The van der Waals surface area contributed by atoms with Crippen LogP contribution >= 0.6 is 31.9 Å². The van der Waals surface area contributed by atoms with Gasteiger partial charge in [-0.1, -0.05) is 50.1 Å². The molecule has 0 aliphatic carbocycles. The molecule has 1 amide bonds. The van der Waals surface area contributed by atoms with E-state index in [9.17, 15) is 4.79 Å². The third-order valence-corrected chi connectivity index (χ3v) is 2.69. The van der Waals surface area contributed by atoms with Gasteiger partial charge >= 0.3 is 0 Å². The molecule has 0 saturated heterocycles. The third kappa shape index (κ3) is 2.82. The van der Waals surface area contributed by atoms with Crippen LogP contribution in [-0.2, 0) is 4.79 Å². The fourth-order valence-electron chi connectivity index (χ4n) is 1.08. The minimum atomic E-state index is -0.166. The molecule has 1 rings (SSSR count). The van der Waals surface area contributed by atoms with Crippen molar-refractivity contribution >= 4 is 43.5 Å². The quantitative estimate of drug-likeness (QED) is 0.619. The van der Waals surface area contributed by atoms with Gasteiger partial charge in [0.05, 0.1) is 10.3 Å². The highest BCUT2D eigenvalue weighted by Crippen LogP contribution is 2.17. The van der Waals surface area contributed by atoms with Crippen molar-refractivity contribution in [3.05, 3.63) is 30.3 Å². The summed E-state index contributed by atoms with van der Waals surface area (Å²) in [6.07, 6.45) is 0. The molecule has 1 aromatic rings. The normalized spacial score (nSPS) is 12.2. The lowest BCUT2D eigenvalue weighted by Crippen LogP contribution is -2.34. The van der Waals surface area contributed by atoms with Gasteiger partial charge in [-0.2, -0.15) is 0 Å². The van der Waals surface area contributed by atoms with Crippen molar-refractivity contribution in [1.29, 1.82) is 0 Å². The maximum Gasteiger partial charge on any atom is 0.241 e. The minimum Gasteiger partial charge on any atom is -0.301 e. The summed E-state index contributed by atoms with van der Waals surface area (Å²) in [6, 6.07) is 9.58. The zero-order valence-electron chi connectivity index (χ0n) is 7.78. The van der Waals surface area contributed by atoms with Crippen molar-refractivity contribution in [3.8, 4) is 0 Å². The zero-order chi connectivity index (χ0) is 10.6. The summed E-state index contributed by atoms with van der Waals surface area (Å²) >= 11 is 6.57. The fraction of sp³-hybridized carbons (Fsp3) is 0.300. The van der Waals surface area contributed by atoms with E-state index in [0.717, 1.165) is 5.69 Å². The summed E-state index contributed by atoms with van der Waals surface area (Å²) < 4.78 is 0. The van der Waals surface area contributed by atoms with Gasteiger partial charge in [0.1, 0.15) is 0 Å². The predicted octanol–water partition coefficient (Wildman–Crippen LogP) is 3.16. The molecule has 14 heavy (non-hydrogen) atoms. The molecule has 1 unspecified atom stereocenters. The third-order valence-electron chi connectivity index (χ3n) is 1.79. The molecule has 0 fully saturated rings.